The number of nitrogens with zero attached hydrogens (tertiary/aromatic N) is 1. The van der Waals surface area contributed by atoms with Gasteiger partial charge in [0.25, 0.3) is 5.69 Å². The molecule has 0 amide bonds. The molecule has 5 heteroatoms. The minimum atomic E-state index is -0.342. The van der Waals surface area contributed by atoms with Gasteiger partial charge in [0.05, 0.1) is 8.49 Å². The number of nitrogens with one attached hydrogen (secondary N) is 1. The molecule has 1 aromatic rings. The standard InChI is InChI=1S/C14H19IN2O2/c15-13-10-12(7-8-14(13)17(18)19)16-9-3-6-11-4-1-2-5-11/h7-8,10-11,16H,1-6,9H2. The summed E-state index contributed by atoms with van der Waals surface area (Å²) in [4.78, 5) is 10.4. The van der Waals surface area contributed by atoms with Gasteiger partial charge in [-0.15, -0.1) is 0 Å². The highest BCUT2D eigenvalue weighted by atomic mass is 127. The first-order valence-electron chi connectivity index (χ1n) is 6.84. The largest absolute Gasteiger partial charge is 0.385 e. The summed E-state index contributed by atoms with van der Waals surface area (Å²) in [5.41, 5.74) is 1.15. The summed E-state index contributed by atoms with van der Waals surface area (Å²) in [6, 6.07) is 5.20. The molecular formula is C14H19IN2O2. The molecule has 0 aliphatic heterocycles. The van der Waals surface area contributed by atoms with Gasteiger partial charge < -0.3 is 5.32 Å². The van der Waals surface area contributed by atoms with Crippen molar-refractivity contribution in [1.29, 1.82) is 0 Å². The molecule has 1 aliphatic carbocycles. The smallest absolute Gasteiger partial charge is 0.282 e. The Labute approximate surface area is 127 Å². The fourth-order valence-electron chi connectivity index (χ4n) is 2.69. The van der Waals surface area contributed by atoms with E-state index in [4.69, 9.17) is 0 Å². The maximum atomic E-state index is 10.7. The molecule has 1 aliphatic rings. The van der Waals surface area contributed by atoms with Crippen molar-refractivity contribution in [3.63, 3.8) is 0 Å². The van der Waals surface area contributed by atoms with Crippen LogP contribution in [0.4, 0.5) is 11.4 Å². The Morgan fingerprint density at radius 1 is 1.37 bits per heavy atom. The van der Waals surface area contributed by atoms with Gasteiger partial charge in [-0.1, -0.05) is 25.7 Å². The summed E-state index contributed by atoms with van der Waals surface area (Å²) in [5.74, 6) is 0.929. The zero-order chi connectivity index (χ0) is 13.7. The monoisotopic (exact) mass is 374 g/mol. The number of nitro benzene ring substituents is 1. The highest BCUT2D eigenvalue weighted by Crippen LogP contribution is 2.28. The number of halogens is 1. The average molecular weight is 374 g/mol. The first-order chi connectivity index (χ1) is 9.16. The molecule has 19 heavy (non-hydrogen) atoms. The summed E-state index contributed by atoms with van der Waals surface area (Å²) < 4.78 is 0.684. The van der Waals surface area contributed by atoms with Crippen LogP contribution in [0.1, 0.15) is 38.5 Å². The van der Waals surface area contributed by atoms with Crippen LogP contribution in [-0.4, -0.2) is 11.5 Å². The number of rotatable bonds is 6. The van der Waals surface area contributed by atoms with Crippen LogP contribution in [0.5, 0.6) is 0 Å². The van der Waals surface area contributed by atoms with Gasteiger partial charge in [0.15, 0.2) is 0 Å². The lowest BCUT2D eigenvalue weighted by atomic mass is 10.0. The minimum absolute atomic E-state index is 0.178. The van der Waals surface area contributed by atoms with Crippen molar-refractivity contribution in [2.75, 3.05) is 11.9 Å². The summed E-state index contributed by atoms with van der Waals surface area (Å²) in [5, 5.41) is 14.1. The van der Waals surface area contributed by atoms with Crippen molar-refractivity contribution in [2.24, 2.45) is 5.92 Å². The van der Waals surface area contributed by atoms with E-state index in [2.05, 4.69) is 5.32 Å². The Kier molecular flexibility index (Phi) is 5.42. The summed E-state index contributed by atoms with van der Waals surface area (Å²) in [6.07, 6.45) is 8.08. The molecule has 1 aromatic carbocycles. The first kappa shape index (κ1) is 14.6. The quantitative estimate of drug-likeness (QED) is 0.343. The molecule has 0 spiro atoms. The second-order valence-corrected chi connectivity index (χ2v) is 6.30. The molecule has 0 aromatic heterocycles. The molecular weight excluding hydrogens is 355 g/mol. The zero-order valence-corrected chi connectivity index (χ0v) is 13.1. The number of hydrogen-bond acceptors (Lipinski definition) is 3. The molecule has 0 atom stereocenters. The predicted octanol–water partition coefficient (Wildman–Crippen LogP) is 4.58. The molecule has 1 saturated carbocycles. The number of nitro groups is 1. The zero-order valence-electron chi connectivity index (χ0n) is 10.9. The summed E-state index contributed by atoms with van der Waals surface area (Å²) in [7, 11) is 0. The Morgan fingerprint density at radius 3 is 2.74 bits per heavy atom. The fraction of sp³-hybridized carbons (Fsp3) is 0.571. The molecule has 0 saturated heterocycles. The van der Waals surface area contributed by atoms with E-state index in [1.807, 2.05) is 28.7 Å². The van der Waals surface area contributed by atoms with E-state index in [1.165, 1.54) is 38.5 Å². The first-order valence-corrected chi connectivity index (χ1v) is 7.92. The summed E-state index contributed by atoms with van der Waals surface area (Å²) in [6.45, 7) is 0.949. The molecule has 0 bridgehead atoms. The van der Waals surface area contributed by atoms with Gasteiger partial charge in [0.1, 0.15) is 0 Å². The van der Waals surface area contributed by atoms with Crippen LogP contribution >= 0.6 is 22.6 Å². The van der Waals surface area contributed by atoms with E-state index in [1.54, 1.807) is 12.1 Å². The Bertz CT molecular complexity index is 445. The van der Waals surface area contributed by atoms with Crippen LogP contribution in [0, 0.1) is 19.6 Å². The molecule has 104 valence electrons. The van der Waals surface area contributed by atoms with Crippen LogP contribution in [-0.2, 0) is 0 Å². The van der Waals surface area contributed by atoms with Crippen LogP contribution in [0.15, 0.2) is 18.2 Å². The van der Waals surface area contributed by atoms with Crippen molar-refractivity contribution in [3.05, 3.63) is 31.9 Å². The van der Waals surface area contributed by atoms with Gasteiger partial charge in [-0.05, 0) is 53.5 Å². The van der Waals surface area contributed by atoms with Gasteiger partial charge in [-0.3, -0.25) is 10.1 Å². The average Bonchev–Trinajstić information content (AvgIpc) is 2.87. The van der Waals surface area contributed by atoms with Crippen molar-refractivity contribution in [3.8, 4) is 0 Å². The molecule has 0 heterocycles. The Morgan fingerprint density at radius 2 is 2.11 bits per heavy atom. The van der Waals surface area contributed by atoms with E-state index >= 15 is 0 Å². The van der Waals surface area contributed by atoms with Gasteiger partial charge in [-0.25, -0.2) is 0 Å². The maximum Gasteiger partial charge on any atom is 0.282 e. The SMILES string of the molecule is O=[N+]([O-])c1ccc(NCCCC2CCCC2)cc1I. The van der Waals surface area contributed by atoms with E-state index in [0.717, 1.165) is 18.2 Å². The second kappa shape index (κ2) is 7.07. The number of anilines is 1. The Hall–Kier alpha value is -0.850. The van der Waals surface area contributed by atoms with E-state index in [9.17, 15) is 10.1 Å². The van der Waals surface area contributed by atoms with Crippen LogP contribution < -0.4 is 5.32 Å². The lowest BCUT2D eigenvalue weighted by Gasteiger charge is -2.10. The topological polar surface area (TPSA) is 55.2 Å². The summed E-state index contributed by atoms with van der Waals surface area (Å²) >= 11 is 2.01. The highest BCUT2D eigenvalue weighted by molar-refractivity contribution is 14.1. The van der Waals surface area contributed by atoms with Crippen LogP contribution in [0.25, 0.3) is 0 Å². The van der Waals surface area contributed by atoms with Crippen molar-refractivity contribution < 1.29 is 4.92 Å². The van der Waals surface area contributed by atoms with Crippen LogP contribution in [0.3, 0.4) is 0 Å². The minimum Gasteiger partial charge on any atom is -0.385 e. The lowest BCUT2D eigenvalue weighted by molar-refractivity contribution is -0.385. The van der Waals surface area contributed by atoms with Crippen LogP contribution in [0.2, 0.25) is 0 Å². The molecule has 2 rings (SSSR count). The second-order valence-electron chi connectivity index (χ2n) is 5.14. The van der Waals surface area contributed by atoms with Crippen molar-refractivity contribution >= 4 is 34.0 Å². The van der Waals surface area contributed by atoms with E-state index in [0.29, 0.717) is 3.57 Å². The van der Waals surface area contributed by atoms with Gasteiger partial charge in [-0.2, -0.15) is 0 Å². The Balaban J connectivity index is 1.76. The number of benzene rings is 1. The number of hydrogen-bond donors (Lipinski definition) is 1. The van der Waals surface area contributed by atoms with E-state index in [-0.39, 0.29) is 10.6 Å². The molecule has 1 N–H and O–H groups in total. The molecule has 1 fully saturated rings. The normalized spacial score (nSPS) is 15.6. The highest BCUT2D eigenvalue weighted by Gasteiger charge is 2.14. The molecule has 4 nitrogen and oxygen atoms in total. The van der Waals surface area contributed by atoms with Gasteiger partial charge in [0, 0.05) is 18.3 Å². The maximum absolute atomic E-state index is 10.7. The molecule has 0 radical (unpaired) electrons. The van der Waals surface area contributed by atoms with Crippen molar-refractivity contribution in [1.82, 2.24) is 0 Å². The third-order valence-electron chi connectivity index (χ3n) is 3.74. The van der Waals surface area contributed by atoms with E-state index < -0.39 is 0 Å². The van der Waals surface area contributed by atoms with Crippen molar-refractivity contribution in [2.45, 2.75) is 38.5 Å². The third-order valence-corrected chi connectivity index (χ3v) is 4.60. The lowest BCUT2D eigenvalue weighted by Crippen LogP contribution is -2.04. The third kappa shape index (κ3) is 4.33. The van der Waals surface area contributed by atoms with Gasteiger partial charge in [0.2, 0.25) is 0 Å². The fourth-order valence-corrected chi connectivity index (χ4v) is 3.40. The molecule has 0 unspecified atom stereocenters. The predicted molar refractivity (Wildman–Crippen MR) is 85.5 cm³/mol. The van der Waals surface area contributed by atoms with Gasteiger partial charge >= 0.3 is 0 Å².